The van der Waals surface area contributed by atoms with Gasteiger partial charge in [0.25, 0.3) is 0 Å². The molecule has 0 bridgehead atoms. The normalized spacial score (nSPS) is 11.4. The van der Waals surface area contributed by atoms with E-state index in [1.165, 1.54) is 0 Å². The zero-order valence-corrected chi connectivity index (χ0v) is 14.0. The van der Waals surface area contributed by atoms with Gasteiger partial charge in [0, 0.05) is 11.4 Å². The van der Waals surface area contributed by atoms with Crippen molar-refractivity contribution in [3.05, 3.63) is 60.7 Å². The third-order valence-electron chi connectivity index (χ3n) is 2.71. The minimum atomic E-state index is -0.750. The molecule has 1 atom stereocenters. The van der Waals surface area contributed by atoms with E-state index in [0.29, 0.717) is 6.42 Å². The van der Waals surface area contributed by atoms with E-state index in [-0.39, 0.29) is 51.4 Å². The number of para-hydroxylation sites is 2. The second kappa shape index (κ2) is 8.10. The zero-order chi connectivity index (χ0) is 12.1. The molecule has 0 heterocycles. The van der Waals surface area contributed by atoms with Crippen LogP contribution in [0.3, 0.4) is 0 Å². The molecule has 2 nitrogen and oxygen atoms in total. The van der Waals surface area contributed by atoms with Gasteiger partial charge >= 0.3 is 51.4 Å². The van der Waals surface area contributed by atoms with Crippen LogP contribution in [0.2, 0.25) is 0 Å². The Morgan fingerprint density at radius 3 is 1.61 bits per heavy atom. The molecule has 0 saturated carbocycles. The Bertz CT molecular complexity index is 407. The molecule has 0 saturated heterocycles. The monoisotopic (exact) mass is 265 g/mol. The molecule has 18 heavy (non-hydrogen) atoms. The summed E-state index contributed by atoms with van der Waals surface area (Å²) < 4.78 is 0. The molecule has 2 aromatic carbocycles. The third kappa shape index (κ3) is 3.92. The van der Waals surface area contributed by atoms with Crippen LogP contribution in [0.5, 0.6) is 0 Å². The zero-order valence-electron chi connectivity index (χ0n) is 10.9. The van der Waals surface area contributed by atoms with Crippen molar-refractivity contribution in [2.45, 2.75) is 19.6 Å². The van der Waals surface area contributed by atoms with Crippen LogP contribution in [0, 0.1) is 0 Å². The molecule has 0 amide bonds. The molecular formula is C15H16KNO. The molecular weight excluding hydrogens is 249 g/mol. The van der Waals surface area contributed by atoms with Gasteiger partial charge in [0.05, 0.1) is 0 Å². The molecule has 0 aromatic heterocycles. The fourth-order valence-corrected chi connectivity index (χ4v) is 1.84. The van der Waals surface area contributed by atoms with E-state index < -0.39 is 6.23 Å². The SMILES string of the molecule is CCC([O-])N(c1ccccc1)c1ccccc1.[K+]. The topological polar surface area (TPSA) is 26.3 Å². The number of anilines is 2. The summed E-state index contributed by atoms with van der Waals surface area (Å²) in [6.07, 6.45) is -0.177. The number of rotatable bonds is 4. The molecule has 0 spiro atoms. The Kier molecular flexibility index (Phi) is 7.15. The van der Waals surface area contributed by atoms with Gasteiger partial charge in [0.2, 0.25) is 0 Å². The molecule has 3 heteroatoms. The molecule has 1 unspecified atom stereocenters. The molecule has 88 valence electrons. The molecule has 2 rings (SSSR count). The Balaban J connectivity index is 0.00000162. The molecule has 0 aliphatic heterocycles. The van der Waals surface area contributed by atoms with Crippen LogP contribution >= 0.6 is 0 Å². The van der Waals surface area contributed by atoms with Crippen molar-refractivity contribution in [2.75, 3.05) is 4.90 Å². The molecule has 0 fully saturated rings. The summed E-state index contributed by atoms with van der Waals surface area (Å²) in [5.41, 5.74) is 1.89. The molecule has 0 radical (unpaired) electrons. The molecule has 0 N–H and O–H groups in total. The van der Waals surface area contributed by atoms with Crippen LogP contribution in [0.1, 0.15) is 13.3 Å². The van der Waals surface area contributed by atoms with Crippen LogP contribution in [-0.2, 0) is 0 Å². The Morgan fingerprint density at radius 2 is 1.28 bits per heavy atom. The second-order valence-electron chi connectivity index (χ2n) is 3.90. The first-order chi connectivity index (χ1) is 8.33. The smallest absolute Gasteiger partial charge is 0.836 e. The average molecular weight is 265 g/mol. The van der Waals surface area contributed by atoms with E-state index >= 15 is 0 Å². The summed E-state index contributed by atoms with van der Waals surface area (Å²) in [4.78, 5) is 1.83. The van der Waals surface area contributed by atoms with Gasteiger partial charge in [-0.25, -0.2) is 0 Å². The summed E-state index contributed by atoms with van der Waals surface area (Å²) in [7, 11) is 0. The number of benzene rings is 2. The minimum absolute atomic E-state index is 0. The Morgan fingerprint density at radius 1 is 0.889 bits per heavy atom. The summed E-state index contributed by atoms with van der Waals surface area (Å²) in [5.74, 6) is 0. The fourth-order valence-electron chi connectivity index (χ4n) is 1.84. The fraction of sp³-hybridized carbons (Fsp3) is 0.200. The maximum absolute atomic E-state index is 12.1. The second-order valence-corrected chi connectivity index (χ2v) is 3.90. The van der Waals surface area contributed by atoms with E-state index in [4.69, 9.17) is 0 Å². The van der Waals surface area contributed by atoms with E-state index in [1.54, 1.807) is 0 Å². The van der Waals surface area contributed by atoms with Gasteiger partial charge in [0.15, 0.2) is 0 Å². The van der Waals surface area contributed by atoms with Crippen molar-refractivity contribution in [2.24, 2.45) is 0 Å². The van der Waals surface area contributed by atoms with Crippen molar-refractivity contribution in [3.63, 3.8) is 0 Å². The van der Waals surface area contributed by atoms with Crippen molar-refractivity contribution in [1.82, 2.24) is 0 Å². The van der Waals surface area contributed by atoms with Gasteiger partial charge in [0.1, 0.15) is 0 Å². The van der Waals surface area contributed by atoms with Gasteiger partial charge in [-0.1, -0.05) is 49.7 Å². The maximum Gasteiger partial charge on any atom is 1.00 e. The van der Waals surface area contributed by atoms with Crippen molar-refractivity contribution in [1.29, 1.82) is 0 Å². The predicted octanol–water partition coefficient (Wildman–Crippen LogP) is -0.0749. The third-order valence-corrected chi connectivity index (χ3v) is 2.71. The van der Waals surface area contributed by atoms with Crippen LogP contribution in [0.25, 0.3) is 0 Å². The number of hydrogen-bond acceptors (Lipinski definition) is 2. The predicted molar refractivity (Wildman–Crippen MR) is 69.1 cm³/mol. The number of nitrogens with zero attached hydrogens (tertiary/aromatic N) is 1. The molecule has 0 aliphatic carbocycles. The largest absolute Gasteiger partial charge is 1.00 e. The van der Waals surface area contributed by atoms with Gasteiger partial charge in [-0.05, 0) is 30.5 Å². The maximum atomic E-state index is 12.1. The van der Waals surface area contributed by atoms with Gasteiger partial charge in [-0.15, -0.1) is 0 Å². The van der Waals surface area contributed by atoms with E-state index in [1.807, 2.05) is 72.5 Å². The standard InChI is InChI=1S/C15H16NO.K/c1-2-15(17)16(13-9-5-3-6-10-13)14-11-7-4-8-12-14;/h3-12,15H,2H2,1H3;/q-1;+1. The van der Waals surface area contributed by atoms with E-state index in [0.717, 1.165) is 11.4 Å². The van der Waals surface area contributed by atoms with Crippen LogP contribution < -0.4 is 61.4 Å². The first-order valence-electron chi connectivity index (χ1n) is 5.88. The summed E-state index contributed by atoms with van der Waals surface area (Å²) in [6.45, 7) is 1.91. The summed E-state index contributed by atoms with van der Waals surface area (Å²) in [6, 6.07) is 19.6. The Hall–Kier alpha value is -0.164. The quantitative estimate of drug-likeness (QED) is 0.571. The van der Waals surface area contributed by atoms with E-state index in [2.05, 4.69) is 0 Å². The van der Waals surface area contributed by atoms with Gasteiger partial charge in [-0.2, -0.15) is 0 Å². The average Bonchev–Trinajstić information content (AvgIpc) is 2.41. The van der Waals surface area contributed by atoms with Crippen molar-refractivity contribution >= 4 is 11.4 Å². The molecule has 2 aromatic rings. The minimum Gasteiger partial charge on any atom is -0.836 e. The van der Waals surface area contributed by atoms with Gasteiger partial charge in [-0.3, -0.25) is 0 Å². The van der Waals surface area contributed by atoms with Crippen LogP contribution in [0.4, 0.5) is 11.4 Å². The number of hydrogen-bond donors (Lipinski definition) is 0. The van der Waals surface area contributed by atoms with Crippen molar-refractivity contribution in [3.8, 4) is 0 Å². The summed E-state index contributed by atoms with van der Waals surface area (Å²) >= 11 is 0. The van der Waals surface area contributed by atoms with Gasteiger partial charge < -0.3 is 10.0 Å². The first kappa shape index (κ1) is 15.9. The Labute approximate surface area is 151 Å². The van der Waals surface area contributed by atoms with Crippen LogP contribution in [-0.4, -0.2) is 6.23 Å². The summed E-state index contributed by atoms with van der Waals surface area (Å²) in [5, 5.41) is 12.1. The van der Waals surface area contributed by atoms with Crippen molar-refractivity contribution < 1.29 is 56.5 Å². The van der Waals surface area contributed by atoms with E-state index in [9.17, 15) is 5.11 Å². The molecule has 0 aliphatic rings. The first-order valence-corrected chi connectivity index (χ1v) is 5.88. The van der Waals surface area contributed by atoms with Crippen LogP contribution in [0.15, 0.2) is 60.7 Å².